The molecule has 0 aliphatic carbocycles. The Morgan fingerprint density at radius 2 is 1.73 bits per heavy atom. The number of carbonyl (C=O) groups is 1. The Hall–Kier alpha value is -1.36. The van der Waals surface area contributed by atoms with Crippen LogP contribution >= 0.6 is 22.6 Å². The fourth-order valence-corrected chi connectivity index (χ4v) is 2.85. The first-order valence-corrected chi connectivity index (χ1v) is 8.59. The third-order valence-electron chi connectivity index (χ3n) is 3.71. The molecule has 2 aromatic carbocycles. The van der Waals surface area contributed by atoms with Gasteiger partial charge in [-0.3, -0.25) is 4.79 Å². The molecular formula is C19H22INO. The summed E-state index contributed by atoms with van der Waals surface area (Å²) in [6.45, 7) is 8.60. The lowest BCUT2D eigenvalue weighted by Crippen LogP contribution is -2.15. The predicted octanol–water partition coefficient (Wildman–Crippen LogP) is 5.40. The molecule has 0 aliphatic heterocycles. The van der Waals surface area contributed by atoms with E-state index in [1.165, 1.54) is 9.13 Å². The van der Waals surface area contributed by atoms with Crippen molar-refractivity contribution >= 4 is 34.2 Å². The second-order valence-corrected chi connectivity index (χ2v) is 7.68. The minimum atomic E-state index is -0.0589. The van der Waals surface area contributed by atoms with Crippen LogP contribution in [-0.4, -0.2) is 5.91 Å². The average molecular weight is 407 g/mol. The largest absolute Gasteiger partial charge is 0.322 e. The lowest BCUT2D eigenvalue weighted by molar-refractivity contribution is 0.102. The van der Waals surface area contributed by atoms with Crippen LogP contribution in [0.4, 0.5) is 5.69 Å². The summed E-state index contributed by atoms with van der Waals surface area (Å²) in [5.41, 5.74) is 4.07. The highest BCUT2D eigenvalue weighted by atomic mass is 127. The molecule has 0 atom stereocenters. The van der Waals surface area contributed by atoms with Crippen molar-refractivity contribution in [3.05, 3.63) is 62.7 Å². The van der Waals surface area contributed by atoms with E-state index in [4.69, 9.17) is 0 Å². The third kappa shape index (κ3) is 4.09. The monoisotopic (exact) mass is 407 g/mol. The zero-order valence-corrected chi connectivity index (χ0v) is 15.7. The summed E-state index contributed by atoms with van der Waals surface area (Å²) in [5, 5.41) is 3.02. The van der Waals surface area contributed by atoms with Crippen molar-refractivity contribution in [2.75, 3.05) is 5.32 Å². The van der Waals surface area contributed by atoms with Crippen LogP contribution in [0.1, 0.15) is 49.2 Å². The molecular weight excluding hydrogens is 385 g/mol. The van der Waals surface area contributed by atoms with Gasteiger partial charge >= 0.3 is 0 Å². The zero-order chi connectivity index (χ0) is 16.3. The van der Waals surface area contributed by atoms with Crippen LogP contribution in [0.25, 0.3) is 0 Å². The molecule has 0 fully saturated rings. The molecule has 1 N–H and O–H groups in total. The molecule has 0 radical (unpaired) electrons. The Balaban J connectivity index is 2.19. The van der Waals surface area contributed by atoms with Crippen molar-refractivity contribution in [1.82, 2.24) is 0 Å². The molecule has 0 heterocycles. The van der Waals surface area contributed by atoms with Crippen LogP contribution in [0, 0.1) is 3.57 Å². The predicted molar refractivity (Wildman–Crippen MR) is 102 cm³/mol. The first-order chi connectivity index (χ1) is 10.3. The lowest BCUT2D eigenvalue weighted by Gasteiger charge is -2.19. The Bertz CT molecular complexity index is 669. The van der Waals surface area contributed by atoms with Gasteiger partial charge in [-0.25, -0.2) is 0 Å². The molecule has 116 valence electrons. The van der Waals surface area contributed by atoms with Gasteiger partial charge in [-0.1, -0.05) is 39.8 Å². The SMILES string of the molecule is CCc1cc(I)ccc1NC(=O)c1ccc(C(C)(C)C)cc1. The normalized spacial score (nSPS) is 11.3. The van der Waals surface area contributed by atoms with Crippen molar-refractivity contribution in [3.63, 3.8) is 0 Å². The van der Waals surface area contributed by atoms with Crippen molar-refractivity contribution < 1.29 is 4.79 Å². The van der Waals surface area contributed by atoms with Crippen LogP contribution in [0.2, 0.25) is 0 Å². The zero-order valence-electron chi connectivity index (χ0n) is 13.5. The topological polar surface area (TPSA) is 29.1 Å². The van der Waals surface area contributed by atoms with Gasteiger partial charge in [0.25, 0.3) is 5.91 Å². The van der Waals surface area contributed by atoms with Gasteiger partial charge < -0.3 is 5.32 Å². The molecule has 0 saturated heterocycles. The standard InChI is InChI=1S/C19H22INO/c1-5-13-12-16(20)10-11-17(13)21-18(22)14-6-8-15(9-7-14)19(2,3)4/h6-12H,5H2,1-4H3,(H,21,22). The maximum Gasteiger partial charge on any atom is 0.255 e. The maximum atomic E-state index is 12.4. The number of amides is 1. The molecule has 1 amide bonds. The van der Waals surface area contributed by atoms with E-state index in [0.717, 1.165) is 17.7 Å². The molecule has 0 unspecified atom stereocenters. The van der Waals surface area contributed by atoms with Gasteiger partial charge in [-0.15, -0.1) is 0 Å². The molecule has 3 heteroatoms. The molecule has 0 spiro atoms. The van der Waals surface area contributed by atoms with E-state index >= 15 is 0 Å². The maximum absolute atomic E-state index is 12.4. The minimum Gasteiger partial charge on any atom is -0.322 e. The molecule has 0 bridgehead atoms. The number of carbonyl (C=O) groups excluding carboxylic acids is 1. The summed E-state index contributed by atoms with van der Waals surface area (Å²) in [6.07, 6.45) is 0.898. The fraction of sp³-hybridized carbons (Fsp3) is 0.316. The smallest absolute Gasteiger partial charge is 0.255 e. The number of benzene rings is 2. The highest BCUT2D eigenvalue weighted by molar-refractivity contribution is 14.1. The van der Waals surface area contributed by atoms with Crippen LogP contribution in [-0.2, 0) is 11.8 Å². The number of hydrogen-bond acceptors (Lipinski definition) is 1. The summed E-state index contributed by atoms with van der Waals surface area (Å²) in [4.78, 5) is 12.4. The number of nitrogens with one attached hydrogen (secondary N) is 1. The summed E-state index contributed by atoms with van der Waals surface area (Å²) < 4.78 is 1.18. The summed E-state index contributed by atoms with van der Waals surface area (Å²) in [7, 11) is 0. The summed E-state index contributed by atoms with van der Waals surface area (Å²) in [5.74, 6) is -0.0589. The van der Waals surface area contributed by atoms with E-state index in [0.29, 0.717) is 5.56 Å². The number of rotatable bonds is 3. The number of anilines is 1. The quantitative estimate of drug-likeness (QED) is 0.678. The molecule has 0 aliphatic rings. The van der Waals surface area contributed by atoms with Gasteiger partial charge in [0.05, 0.1) is 0 Å². The Kier molecular flexibility index (Phi) is 5.27. The van der Waals surface area contributed by atoms with E-state index in [-0.39, 0.29) is 11.3 Å². The Morgan fingerprint density at radius 1 is 1.09 bits per heavy atom. The van der Waals surface area contributed by atoms with Gasteiger partial charge in [0, 0.05) is 14.8 Å². The van der Waals surface area contributed by atoms with Gasteiger partial charge in [0.15, 0.2) is 0 Å². The van der Waals surface area contributed by atoms with Crippen LogP contribution < -0.4 is 5.32 Å². The van der Waals surface area contributed by atoms with E-state index in [2.05, 4.69) is 61.7 Å². The van der Waals surface area contributed by atoms with E-state index in [9.17, 15) is 4.79 Å². The molecule has 22 heavy (non-hydrogen) atoms. The number of hydrogen-bond donors (Lipinski definition) is 1. The second kappa shape index (κ2) is 6.82. The van der Waals surface area contributed by atoms with Crippen molar-refractivity contribution in [2.24, 2.45) is 0 Å². The Labute approximate surface area is 146 Å². The van der Waals surface area contributed by atoms with Gasteiger partial charge in [0.2, 0.25) is 0 Å². The number of halogens is 1. The van der Waals surface area contributed by atoms with Crippen LogP contribution in [0.5, 0.6) is 0 Å². The van der Waals surface area contributed by atoms with Crippen LogP contribution in [0.15, 0.2) is 42.5 Å². The van der Waals surface area contributed by atoms with Crippen molar-refractivity contribution in [3.8, 4) is 0 Å². The molecule has 0 aromatic heterocycles. The van der Waals surface area contributed by atoms with Gasteiger partial charge in [0.1, 0.15) is 0 Å². The average Bonchev–Trinajstić information content (AvgIpc) is 2.48. The van der Waals surface area contributed by atoms with E-state index in [1.807, 2.05) is 36.4 Å². The second-order valence-electron chi connectivity index (χ2n) is 6.44. The first-order valence-electron chi connectivity index (χ1n) is 7.51. The number of aryl methyl sites for hydroxylation is 1. The summed E-state index contributed by atoms with van der Waals surface area (Å²) >= 11 is 2.29. The molecule has 0 saturated carbocycles. The van der Waals surface area contributed by atoms with Gasteiger partial charge in [-0.05, 0) is 75.9 Å². The minimum absolute atomic E-state index is 0.0589. The molecule has 2 nitrogen and oxygen atoms in total. The highest BCUT2D eigenvalue weighted by Crippen LogP contribution is 2.23. The molecule has 2 rings (SSSR count). The first kappa shape index (κ1) is 17.0. The third-order valence-corrected chi connectivity index (χ3v) is 4.38. The van der Waals surface area contributed by atoms with Crippen molar-refractivity contribution in [2.45, 2.75) is 39.5 Å². The highest BCUT2D eigenvalue weighted by Gasteiger charge is 2.14. The van der Waals surface area contributed by atoms with Gasteiger partial charge in [-0.2, -0.15) is 0 Å². The Morgan fingerprint density at radius 3 is 2.27 bits per heavy atom. The van der Waals surface area contributed by atoms with Crippen LogP contribution in [0.3, 0.4) is 0 Å². The fourth-order valence-electron chi connectivity index (χ4n) is 2.29. The molecule has 2 aromatic rings. The van der Waals surface area contributed by atoms with E-state index < -0.39 is 0 Å². The summed E-state index contributed by atoms with van der Waals surface area (Å²) in [6, 6.07) is 14.0. The van der Waals surface area contributed by atoms with E-state index in [1.54, 1.807) is 0 Å². The van der Waals surface area contributed by atoms with Crippen molar-refractivity contribution in [1.29, 1.82) is 0 Å². The lowest BCUT2D eigenvalue weighted by atomic mass is 9.86.